The molecule has 1 aliphatic rings. The molecule has 0 aromatic carbocycles. The first-order valence-electron chi connectivity index (χ1n) is 5.95. The molecule has 91 valence electrons. The van der Waals surface area contributed by atoms with Crippen molar-refractivity contribution in [2.45, 2.75) is 44.2 Å². The van der Waals surface area contributed by atoms with Gasteiger partial charge in [-0.25, -0.2) is 9.97 Å². The second kappa shape index (κ2) is 6.18. The summed E-state index contributed by atoms with van der Waals surface area (Å²) in [6.07, 6.45) is 10.1. The van der Waals surface area contributed by atoms with Crippen LogP contribution in [0.5, 0.6) is 6.01 Å². The van der Waals surface area contributed by atoms with E-state index >= 15 is 0 Å². The zero-order chi connectivity index (χ0) is 11.9. The molecular weight excluding hydrogens is 218 g/mol. The summed E-state index contributed by atoms with van der Waals surface area (Å²) in [5.74, 6) is 0. The van der Waals surface area contributed by atoms with Gasteiger partial charge in [-0.3, -0.25) is 4.79 Å². The maximum atomic E-state index is 10.3. The van der Waals surface area contributed by atoms with Crippen LogP contribution in [-0.2, 0) is 4.79 Å². The Morgan fingerprint density at radius 1 is 1.29 bits per heavy atom. The Morgan fingerprint density at radius 3 is 2.82 bits per heavy atom. The molecule has 1 radical (unpaired) electrons. The summed E-state index contributed by atoms with van der Waals surface area (Å²) in [4.78, 5) is 18.4. The van der Waals surface area contributed by atoms with Gasteiger partial charge in [-0.1, -0.05) is 6.42 Å². The number of nitrogens with zero attached hydrogens (tertiary/aromatic N) is 2. The maximum Gasteiger partial charge on any atom is 0.316 e. The minimum absolute atomic E-state index is 0.0748. The Kier molecular flexibility index (Phi) is 4.30. The molecule has 0 saturated heterocycles. The van der Waals surface area contributed by atoms with Crippen molar-refractivity contribution in [3.63, 3.8) is 0 Å². The molecule has 1 aromatic heterocycles. The molecule has 0 aliphatic heterocycles. The molecule has 1 aromatic rings. The second-order valence-corrected chi connectivity index (χ2v) is 4.23. The molecule has 2 rings (SSSR count). The molecule has 0 spiro atoms. The van der Waals surface area contributed by atoms with Crippen LogP contribution in [0.1, 0.15) is 32.1 Å². The molecule has 1 N–H and O–H groups in total. The van der Waals surface area contributed by atoms with Gasteiger partial charge in [0.25, 0.3) is 0 Å². The first kappa shape index (κ1) is 11.8. The molecule has 1 amide bonds. The number of carbonyl (C=O) groups excluding carboxylic acids is 1. The fourth-order valence-electron chi connectivity index (χ4n) is 2.13. The van der Waals surface area contributed by atoms with Crippen LogP contribution in [0.25, 0.3) is 0 Å². The van der Waals surface area contributed by atoms with Gasteiger partial charge in [0.05, 0.1) is 0 Å². The number of rotatable bonds is 4. The fraction of sp³-hybridized carbons (Fsp3) is 0.583. The zero-order valence-electron chi connectivity index (χ0n) is 9.63. The van der Waals surface area contributed by atoms with E-state index in [0.29, 0.717) is 6.01 Å². The molecule has 1 saturated carbocycles. The van der Waals surface area contributed by atoms with Crippen LogP contribution < -0.4 is 10.1 Å². The number of aromatic nitrogens is 2. The molecule has 2 atom stereocenters. The summed E-state index contributed by atoms with van der Waals surface area (Å²) >= 11 is 0. The van der Waals surface area contributed by atoms with Crippen molar-refractivity contribution in [1.29, 1.82) is 0 Å². The fourth-order valence-corrected chi connectivity index (χ4v) is 2.13. The van der Waals surface area contributed by atoms with Gasteiger partial charge in [0.1, 0.15) is 6.10 Å². The van der Waals surface area contributed by atoms with Crippen molar-refractivity contribution in [1.82, 2.24) is 15.3 Å². The van der Waals surface area contributed by atoms with Crippen molar-refractivity contribution >= 4 is 6.41 Å². The van der Waals surface area contributed by atoms with Gasteiger partial charge in [-0.05, 0) is 25.3 Å². The summed E-state index contributed by atoms with van der Waals surface area (Å²) in [5.41, 5.74) is 0. The summed E-state index contributed by atoms with van der Waals surface area (Å²) in [6, 6.07) is 2.32. The third kappa shape index (κ3) is 3.69. The van der Waals surface area contributed by atoms with Crippen molar-refractivity contribution < 1.29 is 9.53 Å². The van der Waals surface area contributed by atoms with Crippen molar-refractivity contribution in [2.24, 2.45) is 0 Å². The van der Waals surface area contributed by atoms with Crippen LogP contribution in [0, 0.1) is 0 Å². The second-order valence-electron chi connectivity index (χ2n) is 4.23. The lowest BCUT2D eigenvalue weighted by atomic mass is 10.1. The highest BCUT2D eigenvalue weighted by atomic mass is 16.5. The van der Waals surface area contributed by atoms with E-state index in [-0.39, 0.29) is 12.1 Å². The Balaban J connectivity index is 1.92. The minimum Gasteiger partial charge on any atom is -0.460 e. The molecule has 2 unspecified atom stereocenters. The smallest absolute Gasteiger partial charge is 0.316 e. The zero-order valence-corrected chi connectivity index (χ0v) is 9.63. The average Bonchev–Trinajstić information content (AvgIpc) is 2.56. The SMILES string of the molecule is O=[C]NC1CCCCC(Oc2ncccn2)C1. The van der Waals surface area contributed by atoms with Crippen LogP contribution in [0.4, 0.5) is 0 Å². The first-order valence-corrected chi connectivity index (χ1v) is 5.95. The lowest BCUT2D eigenvalue weighted by Crippen LogP contribution is -2.32. The van der Waals surface area contributed by atoms with E-state index in [1.54, 1.807) is 24.9 Å². The van der Waals surface area contributed by atoms with E-state index in [1.165, 1.54) is 0 Å². The van der Waals surface area contributed by atoms with Crippen LogP contribution >= 0.6 is 0 Å². The number of amides is 1. The maximum absolute atomic E-state index is 10.3. The highest BCUT2D eigenvalue weighted by Gasteiger charge is 2.21. The van der Waals surface area contributed by atoms with Gasteiger partial charge in [0.2, 0.25) is 0 Å². The Hall–Kier alpha value is -1.65. The van der Waals surface area contributed by atoms with Crippen LogP contribution in [0.2, 0.25) is 0 Å². The van der Waals surface area contributed by atoms with E-state index in [1.807, 2.05) is 0 Å². The van der Waals surface area contributed by atoms with E-state index in [2.05, 4.69) is 15.3 Å². The van der Waals surface area contributed by atoms with E-state index in [9.17, 15) is 4.79 Å². The normalized spacial score (nSPS) is 24.7. The summed E-state index contributed by atoms with van der Waals surface area (Å²) in [5, 5.41) is 2.71. The molecule has 1 aliphatic carbocycles. The van der Waals surface area contributed by atoms with Crippen molar-refractivity contribution in [3.8, 4) is 6.01 Å². The predicted molar refractivity (Wildman–Crippen MR) is 62.2 cm³/mol. The standard InChI is InChI=1S/C12H16N3O2/c16-9-15-10-4-1-2-5-11(8-10)17-12-13-6-3-7-14-12/h3,6-7,10-11H,1-2,4-5,8H2,(H,15,16). The van der Waals surface area contributed by atoms with Crippen LogP contribution in [0.15, 0.2) is 18.5 Å². The Bertz CT molecular complexity index is 345. The van der Waals surface area contributed by atoms with Gasteiger partial charge in [0, 0.05) is 24.9 Å². The summed E-state index contributed by atoms with van der Waals surface area (Å²) < 4.78 is 5.72. The number of ether oxygens (including phenoxy) is 1. The van der Waals surface area contributed by atoms with Crippen molar-refractivity contribution in [2.75, 3.05) is 0 Å². The monoisotopic (exact) mass is 234 g/mol. The third-order valence-corrected chi connectivity index (χ3v) is 2.95. The van der Waals surface area contributed by atoms with Gasteiger partial charge < -0.3 is 10.1 Å². The van der Waals surface area contributed by atoms with Crippen LogP contribution in [-0.4, -0.2) is 28.5 Å². The van der Waals surface area contributed by atoms with E-state index < -0.39 is 0 Å². The van der Waals surface area contributed by atoms with Gasteiger partial charge in [0.15, 0.2) is 0 Å². The molecular formula is C12H16N3O2. The molecule has 1 fully saturated rings. The molecule has 5 nitrogen and oxygen atoms in total. The lowest BCUT2D eigenvalue weighted by Gasteiger charge is -2.19. The molecule has 5 heteroatoms. The summed E-state index contributed by atoms with van der Waals surface area (Å²) in [7, 11) is 0. The third-order valence-electron chi connectivity index (χ3n) is 2.95. The minimum atomic E-state index is 0.0748. The number of hydrogen-bond acceptors (Lipinski definition) is 4. The quantitative estimate of drug-likeness (QED) is 0.628. The number of hydrogen-bond donors (Lipinski definition) is 1. The lowest BCUT2D eigenvalue weighted by molar-refractivity contribution is 0.160. The van der Waals surface area contributed by atoms with E-state index in [4.69, 9.17) is 4.74 Å². The Labute approximate surface area is 101 Å². The van der Waals surface area contributed by atoms with E-state index in [0.717, 1.165) is 32.1 Å². The topological polar surface area (TPSA) is 64.1 Å². The average molecular weight is 234 g/mol. The molecule has 0 bridgehead atoms. The largest absolute Gasteiger partial charge is 0.460 e. The van der Waals surface area contributed by atoms with Gasteiger partial charge in [-0.2, -0.15) is 0 Å². The van der Waals surface area contributed by atoms with Gasteiger partial charge >= 0.3 is 12.4 Å². The number of nitrogens with one attached hydrogen (secondary N) is 1. The Morgan fingerprint density at radius 2 is 2.06 bits per heavy atom. The van der Waals surface area contributed by atoms with Gasteiger partial charge in [-0.15, -0.1) is 0 Å². The highest BCUT2D eigenvalue weighted by molar-refractivity contribution is 5.47. The predicted octanol–water partition coefficient (Wildman–Crippen LogP) is 1.21. The summed E-state index contributed by atoms with van der Waals surface area (Å²) in [6.45, 7) is 0. The van der Waals surface area contributed by atoms with Crippen molar-refractivity contribution in [3.05, 3.63) is 18.5 Å². The first-order chi connectivity index (χ1) is 8.38. The molecule has 1 heterocycles. The highest BCUT2D eigenvalue weighted by Crippen LogP contribution is 2.21. The molecule has 17 heavy (non-hydrogen) atoms. The van der Waals surface area contributed by atoms with Crippen LogP contribution in [0.3, 0.4) is 0 Å².